The van der Waals surface area contributed by atoms with Crippen molar-refractivity contribution in [1.82, 2.24) is 4.57 Å². The lowest BCUT2D eigenvalue weighted by molar-refractivity contribution is -0.136. The average Bonchev–Trinajstić information content (AvgIpc) is 2.54. The molecule has 0 aliphatic carbocycles. The lowest BCUT2D eigenvalue weighted by atomic mass is 9.99. The van der Waals surface area contributed by atoms with Gasteiger partial charge < -0.3 is 9.67 Å². The lowest BCUT2D eigenvalue weighted by Gasteiger charge is -2.07. The second kappa shape index (κ2) is 4.24. The first-order valence-electron chi connectivity index (χ1n) is 5.77. The molecule has 1 aromatic heterocycles. The highest BCUT2D eigenvalue weighted by molar-refractivity contribution is 5.86. The fraction of sp³-hybridized carbons (Fsp3) is 0.357. The molecule has 0 amide bonds. The molecule has 0 aliphatic heterocycles. The molecule has 3 nitrogen and oxygen atoms in total. The van der Waals surface area contributed by atoms with Crippen molar-refractivity contribution in [2.24, 2.45) is 7.05 Å². The molecule has 0 atom stereocenters. The molecule has 0 saturated carbocycles. The molecule has 3 heteroatoms. The number of fused-ring (bicyclic) bond motifs is 1. The zero-order valence-corrected chi connectivity index (χ0v) is 10.4. The minimum atomic E-state index is -0.742. The Morgan fingerprint density at radius 3 is 2.71 bits per heavy atom. The summed E-state index contributed by atoms with van der Waals surface area (Å²) < 4.78 is 2.14. The van der Waals surface area contributed by atoms with Gasteiger partial charge in [-0.1, -0.05) is 6.07 Å². The normalized spacial score (nSPS) is 11.0. The monoisotopic (exact) mass is 231 g/mol. The summed E-state index contributed by atoms with van der Waals surface area (Å²) in [6.45, 7) is 4.11. The van der Waals surface area contributed by atoms with Crippen LogP contribution in [0.5, 0.6) is 0 Å². The Bertz CT molecular complexity index is 581. The summed E-state index contributed by atoms with van der Waals surface area (Å²) in [5, 5.41) is 9.98. The van der Waals surface area contributed by atoms with Crippen molar-refractivity contribution in [3.8, 4) is 0 Å². The Morgan fingerprint density at radius 2 is 2.06 bits per heavy atom. The molecule has 17 heavy (non-hydrogen) atoms. The van der Waals surface area contributed by atoms with E-state index in [0.717, 1.165) is 5.56 Å². The first-order chi connectivity index (χ1) is 8.00. The number of carbonyl (C=O) groups is 1. The summed E-state index contributed by atoms with van der Waals surface area (Å²) in [4.78, 5) is 10.7. The van der Waals surface area contributed by atoms with Gasteiger partial charge in [-0.25, -0.2) is 0 Å². The molecule has 2 rings (SSSR count). The lowest BCUT2D eigenvalue weighted by Crippen LogP contribution is -1.99. The van der Waals surface area contributed by atoms with E-state index in [9.17, 15) is 4.79 Å². The van der Waals surface area contributed by atoms with Gasteiger partial charge in [0, 0.05) is 30.1 Å². The van der Waals surface area contributed by atoms with Gasteiger partial charge in [0.25, 0.3) is 0 Å². The second-order valence-electron chi connectivity index (χ2n) is 4.53. The summed E-state index contributed by atoms with van der Waals surface area (Å²) in [6, 6.07) is 6.31. The largest absolute Gasteiger partial charge is 0.481 e. The summed E-state index contributed by atoms with van der Waals surface area (Å²) in [5.41, 5.74) is 4.70. The summed E-state index contributed by atoms with van der Waals surface area (Å²) >= 11 is 0. The molecule has 0 radical (unpaired) electrons. The highest BCUT2D eigenvalue weighted by Crippen LogP contribution is 2.26. The molecular formula is C14H17NO2. The van der Waals surface area contributed by atoms with Gasteiger partial charge >= 0.3 is 5.97 Å². The van der Waals surface area contributed by atoms with Gasteiger partial charge in [-0.3, -0.25) is 4.79 Å². The van der Waals surface area contributed by atoms with E-state index in [4.69, 9.17) is 5.11 Å². The van der Waals surface area contributed by atoms with Gasteiger partial charge in [0.1, 0.15) is 0 Å². The van der Waals surface area contributed by atoms with E-state index in [1.807, 2.05) is 14.0 Å². The molecule has 0 spiro atoms. The molecular weight excluding hydrogens is 214 g/mol. The van der Waals surface area contributed by atoms with Crippen LogP contribution in [0, 0.1) is 13.8 Å². The first-order valence-corrected chi connectivity index (χ1v) is 5.77. The van der Waals surface area contributed by atoms with Crippen LogP contribution in [0.2, 0.25) is 0 Å². The van der Waals surface area contributed by atoms with Gasteiger partial charge in [0.05, 0.1) is 0 Å². The van der Waals surface area contributed by atoms with Crippen molar-refractivity contribution < 1.29 is 9.90 Å². The van der Waals surface area contributed by atoms with Gasteiger partial charge in [0.15, 0.2) is 0 Å². The third-order valence-corrected chi connectivity index (χ3v) is 3.40. The predicted octanol–water partition coefficient (Wildman–Crippen LogP) is 2.81. The number of carboxylic acids is 1. The topological polar surface area (TPSA) is 42.2 Å². The third kappa shape index (κ3) is 2.05. The number of nitrogens with zero attached hydrogens (tertiary/aromatic N) is 1. The maximum absolute atomic E-state index is 10.7. The molecule has 1 aromatic carbocycles. The highest BCUT2D eigenvalue weighted by Gasteiger charge is 2.10. The smallest absolute Gasteiger partial charge is 0.303 e. The molecule has 1 N–H and O–H groups in total. The van der Waals surface area contributed by atoms with E-state index in [2.05, 4.69) is 29.7 Å². The summed E-state index contributed by atoms with van der Waals surface area (Å²) in [5.74, 6) is -0.742. The SMILES string of the molecule is Cc1ccc2c(cc(C)n2C)c1CCC(=O)O. The van der Waals surface area contributed by atoms with Crippen LogP contribution in [0.1, 0.15) is 23.2 Å². The van der Waals surface area contributed by atoms with Gasteiger partial charge in [-0.2, -0.15) is 0 Å². The van der Waals surface area contributed by atoms with E-state index in [1.165, 1.54) is 22.2 Å². The number of hydrogen-bond donors (Lipinski definition) is 1. The van der Waals surface area contributed by atoms with E-state index < -0.39 is 5.97 Å². The predicted molar refractivity (Wildman–Crippen MR) is 68.3 cm³/mol. The number of carboxylic acid groups (broad SMARTS) is 1. The molecule has 0 bridgehead atoms. The van der Waals surface area contributed by atoms with Crippen LogP contribution in [0.25, 0.3) is 10.9 Å². The van der Waals surface area contributed by atoms with Crippen LogP contribution < -0.4 is 0 Å². The number of aromatic nitrogens is 1. The maximum Gasteiger partial charge on any atom is 0.303 e. The standard InChI is InChI=1S/C14H17NO2/c1-9-4-6-13-12(8-10(2)15(13)3)11(9)5-7-14(16)17/h4,6,8H,5,7H2,1-3H3,(H,16,17). The number of aryl methyl sites for hydroxylation is 4. The fourth-order valence-electron chi connectivity index (χ4n) is 2.27. The number of rotatable bonds is 3. The quantitative estimate of drug-likeness (QED) is 0.882. The highest BCUT2D eigenvalue weighted by atomic mass is 16.4. The van der Waals surface area contributed by atoms with Crippen molar-refractivity contribution in [1.29, 1.82) is 0 Å². The molecule has 0 fully saturated rings. The van der Waals surface area contributed by atoms with Crippen LogP contribution >= 0.6 is 0 Å². The number of benzene rings is 1. The Morgan fingerprint density at radius 1 is 1.35 bits per heavy atom. The zero-order valence-electron chi connectivity index (χ0n) is 10.4. The molecule has 0 unspecified atom stereocenters. The third-order valence-electron chi connectivity index (χ3n) is 3.40. The van der Waals surface area contributed by atoms with E-state index in [0.29, 0.717) is 6.42 Å². The molecule has 1 heterocycles. The van der Waals surface area contributed by atoms with Crippen LogP contribution in [0.4, 0.5) is 0 Å². The van der Waals surface area contributed by atoms with E-state index >= 15 is 0 Å². The Hall–Kier alpha value is -1.77. The first kappa shape index (κ1) is 11.7. The second-order valence-corrected chi connectivity index (χ2v) is 4.53. The Labute approximate surface area is 101 Å². The van der Waals surface area contributed by atoms with Crippen LogP contribution in [0.15, 0.2) is 18.2 Å². The molecule has 0 aliphatic rings. The van der Waals surface area contributed by atoms with Gasteiger partial charge in [-0.15, -0.1) is 0 Å². The molecule has 2 aromatic rings. The zero-order chi connectivity index (χ0) is 12.6. The van der Waals surface area contributed by atoms with E-state index in [-0.39, 0.29) is 6.42 Å². The van der Waals surface area contributed by atoms with Crippen molar-refractivity contribution in [3.63, 3.8) is 0 Å². The van der Waals surface area contributed by atoms with Gasteiger partial charge in [-0.05, 0) is 43.5 Å². The maximum atomic E-state index is 10.7. The average molecular weight is 231 g/mol. The Balaban J connectivity index is 2.55. The minimum absolute atomic E-state index is 0.188. The fourth-order valence-corrected chi connectivity index (χ4v) is 2.27. The summed E-state index contributed by atoms with van der Waals surface area (Å²) in [7, 11) is 2.04. The number of aliphatic carboxylic acids is 1. The van der Waals surface area contributed by atoms with Crippen molar-refractivity contribution in [2.75, 3.05) is 0 Å². The van der Waals surface area contributed by atoms with Crippen LogP contribution in [-0.2, 0) is 18.3 Å². The number of hydrogen-bond acceptors (Lipinski definition) is 1. The minimum Gasteiger partial charge on any atom is -0.481 e. The Kier molecular flexibility index (Phi) is 2.92. The van der Waals surface area contributed by atoms with E-state index in [1.54, 1.807) is 0 Å². The van der Waals surface area contributed by atoms with Crippen LogP contribution in [-0.4, -0.2) is 15.6 Å². The van der Waals surface area contributed by atoms with Crippen molar-refractivity contribution >= 4 is 16.9 Å². The van der Waals surface area contributed by atoms with Crippen molar-refractivity contribution in [3.05, 3.63) is 35.0 Å². The van der Waals surface area contributed by atoms with Crippen molar-refractivity contribution in [2.45, 2.75) is 26.7 Å². The summed E-state index contributed by atoms with van der Waals surface area (Å²) in [6.07, 6.45) is 0.788. The molecule has 0 saturated heterocycles. The van der Waals surface area contributed by atoms with Gasteiger partial charge in [0.2, 0.25) is 0 Å². The van der Waals surface area contributed by atoms with Crippen LogP contribution in [0.3, 0.4) is 0 Å². The molecule has 90 valence electrons.